The summed E-state index contributed by atoms with van der Waals surface area (Å²) in [5.41, 5.74) is 9.97. The molecule has 0 bridgehead atoms. The Balaban J connectivity index is 1.59. The number of rotatable bonds is 4. The number of carbonyl (C=O) groups excluding carboxylic acids is 1. The smallest absolute Gasteiger partial charge is 0.336 e. The number of nitriles is 1. The molecule has 0 spiro atoms. The van der Waals surface area contributed by atoms with Gasteiger partial charge >= 0.3 is 5.97 Å². The third-order valence-corrected chi connectivity index (χ3v) is 5.35. The molecule has 0 aromatic heterocycles. The monoisotopic (exact) mass is 442 g/mol. The number of esters is 1. The predicted molar refractivity (Wildman–Crippen MR) is 123 cm³/mol. The quantitative estimate of drug-likeness (QED) is 0.328. The fourth-order valence-electron chi connectivity index (χ4n) is 3.49. The molecule has 2 N–H and O–H groups in total. The predicted octanol–water partition coefficient (Wildman–Crippen LogP) is 5.49. The van der Waals surface area contributed by atoms with Gasteiger partial charge in [0.15, 0.2) is 0 Å². The summed E-state index contributed by atoms with van der Waals surface area (Å²) in [4.78, 5) is 12.3. The molecule has 3 aromatic rings. The van der Waals surface area contributed by atoms with Crippen molar-refractivity contribution in [3.63, 3.8) is 0 Å². The molecule has 6 heteroatoms. The molecule has 0 saturated heterocycles. The van der Waals surface area contributed by atoms with Crippen LogP contribution < -0.4 is 15.2 Å². The van der Waals surface area contributed by atoms with Crippen molar-refractivity contribution in [2.75, 3.05) is 0 Å². The molecular formula is C26H19ClN2O3. The van der Waals surface area contributed by atoms with Gasteiger partial charge in [0.1, 0.15) is 23.1 Å². The zero-order valence-corrected chi connectivity index (χ0v) is 18.0. The highest BCUT2D eigenvalue weighted by atomic mass is 35.5. The molecule has 0 amide bonds. The molecule has 0 radical (unpaired) electrons. The largest absolute Gasteiger partial charge is 0.440 e. The van der Waals surface area contributed by atoms with Gasteiger partial charge in [-0.15, -0.1) is 0 Å². The molecule has 32 heavy (non-hydrogen) atoms. The molecule has 0 fully saturated rings. The number of aryl methyl sites for hydroxylation is 1. The minimum absolute atomic E-state index is 0.0164. The van der Waals surface area contributed by atoms with Gasteiger partial charge in [0.25, 0.3) is 0 Å². The second-order valence-electron chi connectivity index (χ2n) is 7.34. The van der Waals surface area contributed by atoms with Crippen molar-refractivity contribution < 1.29 is 14.3 Å². The molecule has 0 aliphatic carbocycles. The van der Waals surface area contributed by atoms with Crippen LogP contribution in [-0.4, -0.2) is 5.97 Å². The average Bonchev–Trinajstić information content (AvgIpc) is 2.78. The van der Waals surface area contributed by atoms with E-state index in [2.05, 4.69) is 6.07 Å². The van der Waals surface area contributed by atoms with Crippen LogP contribution in [0.3, 0.4) is 0 Å². The summed E-state index contributed by atoms with van der Waals surface area (Å²) in [6.07, 6.45) is 3.05. The van der Waals surface area contributed by atoms with Crippen molar-refractivity contribution in [2.24, 2.45) is 5.73 Å². The summed E-state index contributed by atoms with van der Waals surface area (Å²) in [5, 5.41) is 10.2. The number of hydrogen-bond acceptors (Lipinski definition) is 5. The standard InChI is InChI=1S/C26H19ClN2O3/c1-16-2-4-17(5-3-16)6-13-24(30)31-20-11-12-21-23(14-20)32-26(29)22(15-28)25(21)18-7-9-19(27)10-8-18/h2-14,25H,29H2,1H3/b13-6+. The van der Waals surface area contributed by atoms with E-state index >= 15 is 0 Å². The number of fused-ring (bicyclic) bond motifs is 1. The summed E-state index contributed by atoms with van der Waals surface area (Å²) in [6, 6.07) is 22.2. The maximum absolute atomic E-state index is 12.3. The van der Waals surface area contributed by atoms with Crippen LogP contribution in [0, 0.1) is 18.3 Å². The van der Waals surface area contributed by atoms with Crippen molar-refractivity contribution >= 4 is 23.6 Å². The fourth-order valence-corrected chi connectivity index (χ4v) is 3.62. The lowest BCUT2D eigenvalue weighted by Gasteiger charge is -2.26. The van der Waals surface area contributed by atoms with Crippen molar-refractivity contribution in [1.29, 1.82) is 5.26 Å². The third kappa shape index (κ3) is 4.51. The lowest BCUT2D eigenvalue weighted by molar-refractivity contribution is -0.128. The highest BCUT2D eigenvalue weighted by molar-refractivity contribution is 6.30. The van der Waals surface area contributed by atoms with E-state index in [1.54, 1.807) is 36.4 Å². The number of nitrogens with two attached hydrogens (primary N) is 1. The zero-order valence-electron chi connectivity index (χ0n) is 17.2. The molecule has 1 atom stereocenters. The minimum Gasteiger partial charge on any atom is -0.440 e. The lowest BCUT2D eigenvalue weighted by Crippen LogP contribution is -2.21. The van der Waals surface area contributed by atoms with Crippen LogP contribution in [0.15, 0.2) is 84.3 Å². The Morgan fingerprint density at radius 1 is 1.12 bits per heavy atom. The normalized spacial score (nSPS) is 15.1. The molecule has 4 rings (SSSR count). The Morgan fingerprint density at radius 2 is 1.84 bits per heavy atom. The van der Waals surface area contributed by atoms with E-state index in [9.17, 15) is 10.1 Å². The Labute approximate surface area is 191 Å². The van der Waals surface area contributed by atoms with Crippen LogP contribution in [-0.2, 0) is 4.79 Å². The molecule has 1 aliphatic rings. The topological polar surface area (TPSA) is 85.3 Å². The highest BCUT2D eigenvalue weighted by Crippen LogP contribution is 2.43. The second-order valence-corrected chi connectivity index (χ2v) is 7.78. The van der Waals surface area contributed by atoms with Crippen LogP contribution in [0.4, 0.5) is 0 Å². The Hall–Kier alpha value is -4.01. The first-order valence-electron chi connectivity index (χ1n) is 9.88. The first kappa shape index (κ1) is 21.2. The first-order chi connectivity index (χ1) is 15.4. The van der Waals surface area contributed by atoms with Crippen LogP contribution >= 0.6 is 11.6 Å². The van der Waals surface area contributed by atoms with E-state index in [4.69, 9.17) is 26.8 Å². The lowest BCUT2D eigenvalue weighted by atomic mass is 9.83. The number of benzene rings is 3. The molecule has 158 valence electrons. The van der Waals surface area contributed by atoms with Gasteiger partial charge in [-0.1, -0.05) is 59.6 Å². The SMILES string of the molecule is Cc1ccc(/C=C/C(=O)Oc2ccc3c(c2)OC(N)=C(C#N)C3c2ccc(Cl)cc2)cc1. The fraction of sp³-hybridized carbons (Fsp3) is 0.0769. The van der Waals surface area contributed by atoms with Gasteiger partial charge in [-0.2, -0.15) is 5.26 Å². The van der Waals surface area contributed by atoms with Crippen LogP contribution in [0.2, 0.25) is 5.02 Å². The third-order valence-electron chi connectivity index (χ3n) is 5.10. The summed E-state index contributed by atoms with van der Waals surface area (Å²) >= 11 is 6.01. The van der Waals surface area contributed by atoms with Crippen LogP contribution in [0.1, 0.15) is 28.2 Å². The average molecular weight is 443 g/mol. The molecule has 0 saturated carbocycles. The van der Waals surface area contributed by atoms with Crippen molar-refractivity contribution in [3.05, 3.63) is 112 Å². The molecule has 1 heterocycles. The van der Waals surface area contributed by atoms with E-state index in [0.29, 0.717) is 22.1 Å². The van der Waals surface area contributed by atoms with E-state index < -0.39 is 11.9 Å². The van der Waals surface area contributed by atoms with Gasteiger partial charge in [-0.25, -0.2) is 4.79 Å². The number of carbonyl (C=O) groups is 1. The number of nitrogens with zero attached hydrogens (tertiary/aromatic N) is 1. The molecule has 1 unspecified atom stereocenters. The molecule has 1 aliphatic heterocycles. The first-order valence-corrected chi connectivity index (χ1v) is 10.3. The summed E-state index contributed by atoms with van der Waals surface area (Å²) < 4.78 is 11.1. The maximum atomic E-state index is 12.3. The molecular weight excluding hydrogens is 424 g/mol. The zero-order chi connectivity index (χ0) is 22.7. The Kier molecular flexibility index (Phi) is 5.98. The number of hydrogen-bond donors (Lipinski definition) is 1. The number of allylic oxidation sites excluding steroid dienone is 1. The van der Waals surface area contributed by atoms with Crippen molar-refractivity contribution in [3.8, 4) is 17.6 Å². The van der Waals surface area contributed by atoms with Gasteiger partial charge < -0.3 is 15.2 Å². The van der Waals surface area contributed by atoms with Gasteiger partial charge in [0, 0.05) is 22.7 Å². The maximum Gasteiger partial charge on any atom is 0.336 e. The molecule has 3 aromatic carbocycles. The summed E-state index contributed by atoms with van der Waals surface area (Å²) in [6.45, 7) is 2.00. The van der Waals surface area contributed by atoms with Crippen LogP contribution in [0.25, 0.3) is 6.08 Å². The van der Waals surface area contributed by atoms with E-state index in [1.165, 1.54) is 6.08 Å². The molecule has 5 nitrogen and oxygen atoms in total. The van der Waals surface area contributed by atoms with Gasteiger partial charge in [-0.3, -0.25) is 0 Å². The Morgan fingerprint density at radius 3 is 2.53 bits per heavy atom. The highest BCUT2D eigenvalue weighted by Gasteiger charge is 2.31. The second kappa shape index (κ2) is 9.01. The van der Waals surface area contributed by atoms with E-state index in [0.717, 1.165) is 22.3 Å². The van der Waals surface area contributed by atoms with E-state index in [-0.39, 0.29) is 5.88 Å². The summed E-state index contributed by atoms with van der Waals surface area (Å²) in [5.74, 6) is -0.175. The van der Waals surface area contributed by atoms with Crippen molar-refractivity contribution in [1.82, 2.24) is 0 Å². The summed E-state index contributed by atoms with van der Waals surface area (Å²) in [7, 11) is 0. The number of ether oxygens (including phenoxy) is 2. The van der Waals surface area contributed by atoms with E-state index in [1.807, 2.05) is 43.3 Å². The van der Waals surface area contributed by atoms with Gasteiger partial charge in [0.2, 0.25) is 5.88 Å². The van der Waals surface area contributed by atoms with Crippen molar-refractivity contribution in [2.45, 2.75) is 12.8 Å². The minimum atomic E-state index is -0.517. The Bertz CT molecular complexity index is 1270. The number of halogens is 1. The van der Waals surface area contributed by atoms with Gasteiger partial charge in [-0.05, 0) is 42.3 Å². The van der Waals surface area contributed by atoms with Gasteiger partial charge in [0.05, 0.1) is 5.92 Å². The van der Waals surface area contributed by atoms with Crippen LogP contribution in [0.5, 0.6) is 11.5 Å².